The molecule has 1 heteroatoms. The largest absolute Gasteiger partial charge is 0.359 e. The van der Waals surface area contributed by atoms with E-state index in [1.165, 1.54) is 17.0 Å². The molecule has 1 N–H and O–H groups in total. The Morgan fingerprint density at radius 3 is 2.50 bits per heavy atom. The second-order valence-electron chi connectivity index (χ2n) is 2.55. The van der Waals surface area contributed by atoms with Crippen molar-refractivity contribution in [2.75, 3.05) is 0 Å². The molecule has 54 valence electrons. The van der Waals surface area contributed by atoms with Gasteiger partial charge in [0.25, 0.3) is 0 Å². The summed E-state index contributed by atoms with van der Waals surface area (Å²) in [7, 11) is 0. The topological polar surface area (TPSA) is 15.8 Å². The Hall–Kier alpha value is -0.980. The van der Waals surface area contributed by atoms with E-state index in [4.69, 9.17) is 0 Å². The van der Waals surface area contributed by atoms with Gasteiger partial charge in [0, 0.05) is 11.4 Å². The molecule has 1 nitrogen and oxygen atoms in total. The molecule has 0 bridgehead atoms. The lowest BCUT2D eigenvalue weighted by Crippen LogP contribution is -1.73. The second kappa shape index (κ2) is 2.74. The Morgan fingerprint density at radius 1 is 1.40 bits per heavy atom. The first-order valence-corrected chi connectivity index (χ1v) is 3.53. The Balaban J connectivity index is 3.03. The molecule has 0 radical (unpaired) electrons. The van der Waals surface area contributed by atoms with Crippen LogP contribution in [0, 0.1) is 13.8 Å². The lowest BCUT2D eigenvalue weighted by atomic mass is 10.2. The van der Waals surface area contributed by atoms with Gasteiger partial charge in [-0.2, -0.15) is 0 Å². The maximum absolute atomic E-state index is 3.26. The number of aromatic nitrogens is 1. The summed E-state index contributed by atoms with van der Waals surface area (Å²) in [6, 6.07) is 2.15. The number of rotatable bonds is 1. The zero-order valence-electron chi connectivity index (χ0n) is 6.73. The molecule has 1 heterocycles. The van der Waals surface area contributed by atoms with Gasteiger partial charge in [0.2, 0.25) is 0 Å². The van der Waals surface area contributed by atoms with Crippen molar-refractivity contribution in [2.45, 2.75) is 20.8 Å². The molecule has 1 aromatic heterocycles. The molecule has 0 amide bonds. The van der Waals surface area contributed by atoms with Crippen molar-refractivity contribution in [3.05, 3.63) is 29.1 Å². The minimum atomic E-state index is 1.22. The molecule has 0 spiro atoms. The molecule has 1 aromatic rings. The van der Waals surface area contributed by atoms with Gasteiger partial charge in [-0.3, -0.25) is 0 Å². The van der Waals surface area contributed by atoms with Crippen LogP contribution in [0.5, 0.6) is 0 Å². The Labute approximate surface area is 61.8 Å². The zero-order valence-corrected chi connectivity index (χ0v) is 6.73. The van der Waals surface area contributed by atoms with Crippen LogP contribution < -0.4 is 0 Å². The van der Waals surface area contributed by atoms with Crippen molar-refractivity contribution in [1.82, 2.24) is 4.98 Å². The smallest absolute Gasteiger partial charge is 0.0408 e. The number of aromatic amines is 1. The minimum Gasteiger partial charge on any atom is -0.359 e. The monoisotopic (exact) mass is 135 g/mol. The maximum atomic E-state index is 3.26. The number of aryl methyl sites for hydroxylation is 2. The van der Waals surface area contributed by atoms with Gasteiger partial charge >= 0.3 is 0 Å². The van der Waals surface area contributed by atoms with Gasteiger partial charge in [0.1, 0.15) is 0 Å². The van der Waals surface area contributed by atoms with Crippen molar-refractivity contribution in [3.8, 4) is 0 Å². The summed E-state index contributed by atoms with van der Waals surface area (Å²) in [6.07, 6.45) is 4.13. The van der Waals surface area contributed by atoms with E-state index in [0.29, 0.717) is 0 Å². The van der Waals surface area contributed by atoms with E-state index in [2.05, 4.69) is 31.0 Å². The van der Waals surface area contributed by atoms with E-state index >= 15 is 0 Å². The third kappa shape index (κ3) is 1.29. The number of hydrogen-bond acceptors (Lipinski definition) is 0. The predicted octanol–water partition coefficient (Wildman–Crippen LogP) is 2.66. The lowest BCUT2D eigenvalue weighted by molar-refractivity contribution is 1.24. The molecule has 0 aliphatic heterocycles. The summed E-state index contributed by atoms with van der Waals surface area (Å²) in [5.41, 5.74) is 3.77. The standard InChI is InChI=1S/C9H13N/c1-4-5-9-7(2)6-8(3)10-9/h4-6,10H,1-3H3/b5-4-. The van der Waals surface area contributed by atoms with Gasteiger partial charge in [0.05, 0.1) is 0 Å². The molecule has 0 saturated heterocycles. The summed E-state index contributed by atoms with van der Waals surface area (Å²) in [4.78, 5) is 3.26. The van der Waals surface area contributed by atoms with Gasteiger partial charge in [-0.05, 0) is 38.5 Å². The highest BCUT2D eigenvalue weighted by atomic mass is 14.7. The predicted molar refractivity (Wildman–Crippen MR) is 45.0 cm³/mol. The van der Waals surface area contributed by atoms with Crippen LogP contribution in [-0.4, -0.2) is 4.98 Å². The van der Waals surface area contributed by atoms with Gasteiger partial charge in [-0.25, -0.2) is 0 Å². The third-order valence-electron chi connectivity index (χ3n) is 1.52. The second-order valence-corrected chi connectivity index (χ2v) is 2.55. The summed E-state index contributed by atoms with van der Waals surface area (Å²) < 4.78 is 0. The third-order valence-corrected chi connectivity index (χ3v) is 1.52. The highest BCUT2D eigenvalue weighted by Gasteiger charge is 1.95. The summed E-state index contributed by atoms with van der Waals surface area (Å²) in [5, 5.41) is 0. The fraction of sp³-hybridized carbons (Fsp3) is 0.333. The van der Waals surface area contributed by atoms with Crippen molar-refractivity contribution in [2.24, 2.45) is 0 Å². The average molecular weight is 135 g/mol. The Morgan fingerprint density at radius 2 is 2.10 bits per heavy atom. The van der Waals surface area contributed by atoms with Crippen LogP contribution >= 0.6 is 0 Å². The fourth-order valence-electron chi connectivity index (χ4n) is 1.09. The number of nitrogens with one attached hydrogen (secondary N) is 1. The summed E-state index contributed by atoms with van der Waals surface area (Å²) in [6.45, 7) is 6.20. The number of hydrogen-bond donors (Lipinski definition) is 1. The highest BCUT2D eigenvalue weighted by molar-refractivity contribution is 5.49. The molecule has 0 fully saturated rings. The molecule has 1 rings (SSSR count). The van der Waals surface area contributed by atoms with Crippen LogP contribution in [0.1, 0.15) is 23.9 Å². The lowest BCUT2D eigenvalue weighted by Gasteiger charge is -1.86. The van der Waals surface area contributed by atoms with Crippen molar-refractivity contribution in [1.29, 1.82) is 0 Å². The summed E-state index contributed by atoms with van der Waals surface area (Å²) >= 11 is 0. The van der Waals surface area contributed by atoms with Gasteiger partial charge in [-0.1, -0.05) is 6.08 Å². The van der Waals surface area contributed by atoms with E-state index in [1.54, 1.807) is 0 Å². The van der Waals surface area contributed by atoms with Crippen LogP contribution in [0.3, 0.4) is 0 Å². The molecular weight excluding hydrogens is 122 g/mol. The number of H-pyrrole nitrogens is 1. The molecule has 0 aliphatic carbocycles. The van der Waals surface area contributed by atoms with Gasteiger partial charge < -0.3 is 4.98 Å². The first-order valence-electron chi connectivity index (χ1n) is 3.53. The molecule has 0 aromatic carbocycles. The maximum Gasteiger partial charge on any atom is 0.0408 e. The first-order chi connectivity index (χ1) is 4.74. The Bertz CT molecular complexity index is 243. The van der Waals surface area contributed by atoms with E-state index < -0.39 is 0 Å². The van der Waals surface area contributed by atoms with E-state index in [-0.39, 0.29) is 0 Å². The van der Waals surface area contributed by atoms with Crippen LogP contribution in [0.4, 0.5) is 0 Å². The summed E-state index contributed by atoms with van der Waals surface area (Å²) in [5.74, 6) is 0. The molecule has 0 saturated carbocycles. The molecular formula is C9H13N. The normalized spacial score (nSPS) is 11.1. The van der Waals surface area contributed by atoms with Crippen LogP contribution in [-0.2, 0) is 0 Å². The SMILES string of the molecule is C/C=C\c1[nH]c(C)cc1C. The van der Waals surface area contributed by atoms with E-state index in [0.717, 1.165) is 0 Å². The molecule has 0 aliphatic rings. The minimum absolute atomic E-state index is 1.22. The Kier molecular flexibility index (Phi) is 1.95. The van der Waals surface area contributed by atoms with E-state index in [9.17, 15) is 0 Å². The molecule has 0 atom stereocenters. The van der Waals surface area contributed by atoms with Gasteiger partial charge in [-0.15, -0.1) is 0 Å². The van der Waals surface area contributed by atoms with Crippen molar-refractivity contribution < 1.29 is 0 Å². The zero-order chi connectivity index (χ0) is 7.56. The highest BCUT2D eigenvalue weighted by Crippen LogP contribution is 2.09. The fourth-order valence-corrected chi connectivity index (χ4v) is 1.09. The molecule has 10 heavy (non-hydrogen) atoms. The molecule has 0 unspecified atom stereocenters. The van der Waals surface area contributed by atoms with Crippen molar-refractivity contribution in [3.63, 3.8) is 0 Å². The van der Waals surface area contributed by atoms with Crippen molar-refractivity contribution >= 4 is 6.08 Å². The van der Waals surface area contributed by atoms with Gasteiger partial charge in [0.15, 0.2) is 0 Å². The van der Waals surface area contributed by atoms with Crippen LogP contribution in [0.15, 0.2) is 12.1 Å². The number of allylic oxidation sites excluding steroid dienone is 1. The first kappa shape index (κ1) is 7.13. The average Bonchev–Trinajstić information content (AvgIpc) is 2.13. The quantitative estimate of drug-likeness (QED) is 0.609. The van der Waals surface area contributed by atoms with E-state index in [1.807, 2.05) is 13.0 Å². The van der Waals surface area contributed by atoms with Crippen LogP contribution in [0.25, 0.3) is 6.08 Å². The van der Waals surface area contributed by atoms with Crippen LogP contribution in [0.2, 0.25) is 0 Å².